The van der Waals surface area contributed by atoms with Crippen molar-refractivity contribution in [2.45, 2.75) is 0 Å². The molecule has 0 amide bonds. The standard InChI is InChI=1S/C14H5ClF10OSi/c15-1-2-26-27(13-9(22)5(18)3(16)6(19)10(13)23)14-11(24)7(20)4(17)8(21)12(14)25/h27H,1-2H2. The van der Waals surface area contributed by atoms with Crippen molar-refractivity contribution in [1.29, 1.82) is 0 Å². The molecule has 0 aliphatic rings. The lowest BCUT2D eigenvalue weighted by Crippen LogP contribution is -2.53. The average Bonchev–Trinajstić information content (AvgIpc) is 2.65. The van der Waals surface area contributed by atoms with Crippen LogP contribution in [-0.2, 0) is 4.43 Å². The van der Waals surface area contributed by atoms with Crippen LogP contribution in [-0.4, -0.2) is 21.5 Å². The highest BCUT2D eigenvalue weighted by molar-refractivity contribution is 6.80. The summed E-state index contributed by atoms with van der Waals surface area (Å²) in [5.41, 5.74) is 0. The van der Waals surface area contributed by atoms with Gasteiger partial charge in [-0.05, 0) is 0 Å². The summed E-state index contributed by atoms with van der Waals surface area (Å²) in [6.07, 6.45) is 0. The second kappa shape index (κ2) is 8.06. The maximum Gasteiger partial charge on any atom is 0.252 e. The van der Waals surface area contributed by atoms with Gasteiger partial charge in [-0.25, -0.2) is 43.9 Å². The third-order valence-corrected chi connectivity index (χ3v) is 6.16. The van der Waals surface area contributed by atoms with Crippen molar-refractivity contribution in [3.8, 4) is 0 Å². The van der Waals surface area contributed by atoms with Crippen molar-refractivity contribution in [3.05, 3.63) is 58.2 Å². The summed E-state index contributed by atoms with van der Waals surface area (Å²) < 4.78 is 141. The summed E-state index contributed by atoms with van der Waals surface area (Å²) in [7, 11) is -4.66. The van der Waals surface area contributed by atoms with Crippen LogP contribution in [0.5, 0.6) is 0 Å². The van der Waals surface area contributed by atoms with Gasteiger partial charge in [0.1, 0.15) is 0 Å². The molecule has 0 unspecified atom stereocenters. The van der Waals surface area contributed by atoms with Crippen LogP contribution in [0.2, 0.25) is 0 Å². The van der Waals surface area contributed by atoms with Gasteiger partial charge in [0.05, 0.1) is 0 Å². The monoisotopic (exact) mass is 442 g/mol. The molecule has 0 fully saturated rings. The van der Waals surface area contributed by atoms with Crippen LogP contribution in [0, 0.1) is 58.2 Å². The van der Waals surface area contributed by atoms with Gasteiger partial charge >= 0.3 is 0 Å². The van der Waals surface area contributed by atoms with E-state index in [9.17, 15) is 43.9 Å². The van der Waals surface area contributed by atoms with Gasteiger partial charge in [0.2, 0.25) is 11.6 Å². The fourth-order valence-corrected chi connectivity index (χ4v) is 4.82. The Balaban J connectivity index is 2.89. The van der Waals surface area contributed by atoms with Crippen molar-refractivity contribution < 1.29 is 48.3 Å². The summed E-state index contributed by atoms with van der Waals surface area (Å²) in [5.74, 6) is -25.6. The topological polar surface area (TPSA) is 9.23 Å². The lowest BCUT2D eigenvalue weighted by molar-refractivity contribution is 0.345. The Hall–Kier alpha value is -1.79. The van der Waals surface area contributed by atoms with E-state index < -0.39 is 90.1 Å². The molecule has 0 radical (unpaired) electrons. The molecule has 13 heteroatoms. The SMILES string of the molecule is Fc1c(F)c(F)c([SiH](OCCCl)c2c(F)c(F)c(F)c(F)c2F)c(F)c1F. The molecule has 0 bridgehead atoms. The predicted octanol–water partition coefficient (Wildman–Crippen LogP) is 3.17. The molecule has 2 aromatic rings. The minimum Gasteiger partial charge on any atom is -0.409 e. The van der Waals surface area contributed by atoms with Gasteiger partial charge in [-0.2, -0.15) is 0 Å². The summed E-state index contributed by atoms with van der Waals surface area (Å²) in [5, 5.41) is -3.61. The second-order valence-corrected chi connectivity index (χ2v) is 7.53. The van der Waals surface area contributed by atoms with E-state index in [0.29, 0.717) is 0 Å². The lowest BCUT2D eigenvalue weighted by atomic mass is 10.3. The van der Waals surface area contributed by atoms with E-state index in [2.05, 4.69) is 0 Å². The number of halogens is 11. The van der Waals surface area contributed by atoms with Crippen LogP contribution in [0.1, 0.15) is 0 Å². The zero-order chi connectivity index (χ0) is 20.6. The van der Waals surface area contributed by atoms with E-state index in [1.807, 2.05) is 0 Å². The predicted molar refractivity (Wildman–Crippen MR) is 75.6 cm³/mol. The van der Waals surface area contributed by atoms with Gasteiger partial charge in [-0.15, -0.1) is 11.6 Å². The fraction of sp³-hybridized carbons (Fsp3) is 0.143. The maximum absolute atomic E-state index is 14.0. The molecule has 2 rings (SSSR count). The van der Waals surface area contributed by atoms with Crippen LogP contribution in [0.25, 0.3) is 0 Å². The number of alkyl halides is 1. The Labute approximate surface area is 150 Å². The normalized spacial score (nSPS) is 11.6. The fourth-order valence-electron chi connectivity index (χ4n) is 2.18. The molecule has 27 heavy (non-hydrogen) atoms. The Morgan fingerprint density at radius 3 is 1.04 bits per heavy atom. The molecule has 0 saturated heterocycles. The van der Waals surface area contributed by atoms with Crippen LogP contribution < -0.4 is 10.4 Å². The molecular formula is C14H5ClF10OSi. The molecule has 0 N–H and O–H groups in total. The van der Waals surface area contributed by atoms with E-state index in [1.165, 1.54) is 0 Å². The van der Waals surface area contributed by atoms with Crippen molar-refractivity contribution in [2.75, 3.05) is 12.5 Å². The summed E-state index contributed by atoms with van der Waals surface area (Å²) in [6, 6.07) is 0. The maximum atomic E-state index is 14.0. The molecule has 0 aliphatic heterocycles. The van der Waals surface area contributed by atoms with Crippen molar-refractivity contribution in [2.24, 2.45) is 0 Å². The molecule has 0 aliphatic carbocycles. The first-order chi connectivity index (χ1) is 12.6. The van der Waals surface area contributed by atoms with Gasteiger partial charge in [0, 0.05) is 22.9 Å². The number of rotatable bonds is 5. The molecule has 0 heterocycles. The highest BCUT2D eigenvalue weighted by atomic mass is 35.5. The first kappa shape index (κ1) is 21.5. The minimum absolute atomic E-state index is 0.478. The Morgan fingerprint density at radius 1 is 0.519 bits per heavy atom. The van der Waals surface area contributed by atoms with E-state index in [-0.39, 0.29) is 0 Å². The quantitative estimate of drug-likeness (QED) is 0.227. The van der Waals surface area contributed by atoms with Gasteiger partial charge in [-0.3, -0.25) is 0 Å². The third kappa shape index (κ3) is 3.52. The summed E-state index contributed by atoms with van der Waals surface area (Å²) in [4.78, 5) is 0. The van der Waals surface area contributed by atoms with Crippen LogP contribution in [0.4, 0.5) is 43.9 Å². The van der Waals surface area contributed by atoms with Crippen LogP contribution in [0.3, 0.4) is 0 Å². The van der Waals surface area contributed by atoms with E-state index in [4.69, 9.17) is 16.0 Å². The Bertz CT molecular complexity index is 779. The van der Waals surface area contributed by atoms with Crippen molar-refractivity contribution >= 4 is 31.0 Å². The highest BCUT2D eigenvalue weighted by Crippen LogP contribution is 2.20. The zero-order valence-corrected chi connectivity index (χ0v) is 14.5. The van der Waals surface area contributed by atoms with Gasteiger partial charge in [0.15, 0.2) is 46.5 Å². The molecule has 0 atom stereocenters. The first-order valence-electron chi connectivity index (χ1n) is 6.76. The molecule has 1 nitrogen and oxygen atoms in total. The van der Waals surface area contributed by atoms with Crippen molar-refractivity contribution in [3.63, 3.8) is 0 Å². The minimum atomic E-state index is -4.66. The molecular weight excluding hydrogens is 438 g/mol. The Kier molecular flexibility index (Phi) is 6.42. The molecule has 0 saturated carbocycles. The average molecular weight is 443 g/mol. The molecule has 148 valence electrons. The first-order valence-corrected chi connectivity index (χ1v) is 8.92. The van der Waals surface area contributed by atoms with Gasteiger partial charge < -0.3 is 4.43 Å². The van der Waals surface area contributed by atoms with Crippen LogP contribution in [0.15, 0.2) is 0 Å². The molecule has 2 aromatic carbocycles. The third-order valence-electron chi connectivity index (χ3n) is 3.37. The lowest BCUT2D eigenvalue weighted by Gasteiger charge is -2.20. The Morgan fingerprint density at radius 2 is 0.778 bits per heavy atom. The summed E-state index contributed by atoms with van der Waals surface area (Å²) in [6.45, 7) is -0.739. The van der Waals surface area contributed by atoms with E-state index in [1.54, 1.807) is 0 Å². The summed E-state index contributed by atoms with van der Waals surface area (Å²) >= 11 is 5.26. The van der Waals surface area contributed by atoms with Gasteiger partial charge in [-0.1, -0.05) is 0 Å². The largest absolute Gasteiger partial charge is 0.409 e. The smallest absolute Gasteiger partial charge is 0.252 e. The second-order valence-electron chi connectivity index (χ2n) is 4.91. The molecule has 0 aromatic heterocycles. The van der Waals surface area contributed by atoms with E-state index >= 15 is 0 Å². The van der Waals surface area contributed by atoms with Crippen LogP contribution >= 0.6 is 11.6 Å². The zero-order valence-electron chi connectivity index (χ0n) is 12.6. The van der Waals surface area contributed by atoms with Gasteiger partial charge in [0.25, 0.3) is 9.04 Å². The number of benzene rings is 2. The molecule has 0 spiro atoms. The van der Waals surface area contributed by atoms with Crippen molar-refractivity contribution in [1.82, 2.24) is 0 Å². The highest BCUT2D eigenvalue weighted by Gasteiger charge is 2.39. The number of hydrogen-bond acceptors (Lipinski definition) is 1. The van der Waals surface area contributed by atoms with E-state index in [0.717, 1.165) is 0 Å². The number of hydrogen-bond donors (Lipinski definition) is 0.